The normalized spacial score (nSPS) is 14.0. The van der Waals surface area contributed by atoms with E-state index in [2.05, 4.69) is 31.7 Å². The zero-order chi connectivity index (χ0) is 15.3. The summed E-state index contributed by atoms with van der Waals surface area (Å²) in [5.41, 5.74) is 1.43. The summed E-state index contributed by atoms with van der Waals surface area (Å²) in [5, 5.41) is 0. The lowest BCUT2D eigenvalue weighted by atomic mass is 10.1. The molecule has 0 saturated carbocycles. The summed E-state index contributed by atoms with van der Waals surface area (Å²) < 4.78 is 10.7. The molecular formula is C18H26O3. The Kier molecular flexibility index (Phi) is 9.01. The number of ether oxygens (including phenoxy) is 2. The van der Waals surface area contributed by atoms with E-state index in [1.807, 2.05) is 6.08 Å². The average molecular weight is 290 g/mol. The molecule has 0 aromatic rings. The average Bonchev–Trinajstić information content (AvgIpc) is 2.74. The molecule has 3 nitrogen and oxygen atoms in total. The molecule has 0 aliphatic heterocycles. The largest absolute Gasteiger partial charge is 0.494 e. The Morgan fingerprint density at radius 1 is 1.24 bits per heavy atom. The van der Waals surface area contributed by atoms with Crippen molar-refractivity contribution < 1.29 is 14.3 Å². The monoisotopic (exact) mass is 290 g/mol. The fraction of sp³-hybridized carbons (Fsp3) is 0.500. The third-order valence-corrected chi connectivity index (χ3v) is 3.32. The van der Waals surface area contributed by atoms with E-state index >= 15 is 0 Å². The summed E-state index contributed by atoms with van der Waals surface area (Å²) in [7, 11) is 0. The number of esters is 1. The van der Waals surface area contributed by atoms with E-state index in [0.29, 0.717) is 6.61 Å². The molecule has 0 fully saturated rings. The van der Waals surface area contributed by atoms with E-state index in [4.69, 9.17) is 9.47 Å². The highest BCUT2D eigenvalue weighted by molar-refractivity contribution is 5.81. The van der Waals surface area contributed by atoms with Crippen molar-refractivity contribution in [3.8, 4) is 0 Å². The fourth-order valence-corrected chi connectivity index (χ4v) is 1.99. The van der Waals surface area contributed by atoms with Crippen molar-refractivity contribution in [3.05, 3.63) is 48.3 Å². The highest BCUT2D eigenvalue weighted by Crippen LogP contribution is 2.15. The molecule has 0 heterocycles. The molecular weight excluding hydrogens is 264 g/mol. The van der Waals surface area contributed by atoms with Crippen molar-refractivity contribution in [1.29, 1.82) is 0 Å². The van der Waals surface area contributed by atoms with Gasteiger partial charge in [0, 0.05) is 6.08 Å². The van der Waals surface area contributed by atoms with Gasteiger partial charge in [-0.3, -0.25) is 0 Å². The highest BCUT2D eigenvalue weighted by Gasteiger charge is 1.99. The van der Waals surface area contributed by atoms with Gasteiger partial charge < -0.3 is 9.47 Å². The van der Waals surface area contributed by atoms with Gasteiger partial charge in [-0.05, 0) is 50.7 Å². The van der Waals surface area contributed by atoms with Crippen LogP contribution < -0.4 is 0 Å². The van der Waals surface area contributed by atoms with Gasteiger partial charge in [0.05, 0.1) is 13.2 Å². The summed E-state index contributed by atoms with van der Waals surface area (Å²) >= 11 is 0. The predicted molar refractivity (Wildman–Crippen MR) is 85.8 cm³/mol. The molecule has 0 bridgehead atoms. The van der Waals surface area contributed by atoms with Crippen molar-refractivity contribution in [1.82, 2.24) is 0 Å². The molecule has 0 aromatic heterocycles. The third-order valence-electron chi connectivity index (χ3n) is 3.32. The first-order chi connectivity index (χ1) is 10.3. The molecule has 3 heteroatoms. The SMILES string of the molecule is C=CC(=O)OCCCCCCOC1=CC=C(CC)CC=C1. The lowest BCUT2D eigenvalue weighted by Gasteiger charge is -2.06. The highest BCUT2D eigenvalue weighted by atomic mass is 16.5. The minimum atomic E-state index is -0.343. The van der Waals surface area contributed by atoms with Gasteiger partial charge in [0.2, 0.25) is 0 Å². The van der Waals surface area contributed by atoms with Crippen LogP contribution in [-0.4, -0.2) is 19.2 Å². The number of rotatable bonds is 10. The second-order valence-electron chi connectivity index (χ2n) is 4.99. The van der Waals surface area contributed by atoms with Crippen molar-refractivity contribution >= 4 is 5.97 Å². The van der Waals surface area contributed by atoms with Gasteiger partial charge in [0.25, 0.3) is 0 Å². The van der Waals surface area contributed by atoms with Gasteiger partial charge in [-0.2, -0.15) is 0 Å². The third kappa shape index (κ3) is 8.18. The van der Waals surface area contributed by atoms with Crippen molar-refractivity contribution in [2.75, 3.05) is 13.2 Å². The standard InChI is InChI=1S/C18H26O3/c1-3-16-10-9-11-17(13-12-16)20-14-7-5-6-8-15-21-18(19)4-2/h4,9,11-13H,2-3,5-8,10,14-15H2,1H3. The minimum Gasteiger partial charge on any atom is -0.494 e. The maximum atomic E-state index is 10.8. The molecule has 0 atom stereocenters. The summed E-state index contributed by atoms with van der Waals surface area (Å²) in [4.78, 5) is 10.8. The van der Waals surface area contributed by atoms with Crippen LogP contribution in [0.4, 0.5) is 0 Å². The maximum absolute atomic E-state index is 10.8. The van der Waals surface area contributed by atoms with E-state index in [1.165, 1.54) is 11.6 Å². The van der Waals surface area contributed by atoms with E-state index in [0.717, 1.165) is 50.9 Å². The minimum absolute atomic E-state index is 0.343. The van der Waals surface area contributed by atoms with E-state index in [1.54, 1.807) is 0 Å². The number of carbonyl (C=O) groups excluding carboxylic acids is 1. The quantitative estimate of drug-likeness (QED) is 0.338. The van der Waals surface area contributed by atoms with Crippen LogP contribution in [0, 0.1) is 0 Å². The lowest BCUT2D eigenvalue weighted by Crippen LogP contribution is -2.01. The zero-order valence-electron chi connectivity index (χ0n) is 13.0. The van der Waals surface area contributed by atoms with Crippen molar-refractivity contribution in [3.63, 3.8) is 0 Å². The van der Waals surface area contributed by atoms with Gasteiger partial charge in [0.15, 0.2) is 0 Å². The van der Waals surface area contributed by atoms with Crippen LogP contribution in [0.2, 0.25) is 0 Å². The Balaban J connectivity index is 2.04. The summed E-state index contributed by atoms with van der Waals surface area (Å²) in [6.45, 7) is 6.74. The topological polar surface area (TPSA) is 35.5 Å². The van der Waals surface area contributed by atoms with Crippen LogP contribution in [0.15, 0.2) is 48.3 Å². The zero-order valence-corrected chi connectivity index (χ0v) is 13.0. The first-order valence-electron chi connectivity index (χ1n) is 7.74. The Bertz CT molecular complexity index is 416. The Hall–Kier alpha value is -1.77. The molecule has 0 aromatic carbocycles. The summed E-state index contributed by atoms with van der Waals surface area (Å²) in [6, 6.07) is 0. The molecule has 0 unspecified atom stereocenters. The number of allylic oxidation sites excluding steroid dienone is 5. The van der Waals surface area contributed by atoms with Gasteiger partial charge in [-0.1, -0.05) is 31.2 Å². The maximum Gasteiger partial charge on any atom is 0.330 e. The predicted octanol–water partition coefficient (Wildman–Crippen LogP) is 4.47. The van der Waals surface area contributed by atoms with E-state index in [-0.39, 0.29) is 5.97 Å². The second-order valence-corrected chi connectivity index (χ2v) is 4.99. The van der Waals surface area contributed by atoms with Gasteiger partial charge in [-0.25, -0.2) is 4.79 Å². The number of unbranched alkanes of at least 4 members (excludes halogenated alkanes) is 3. The molecule has 21 heavy (non-hydrogen) atoms. The summed E-state index contributed by atoms with van der Waals surface area (Å²) in [5.74, 6) is 0.600. The van der Waals surface area contributed by atoms with E-state index in [9.17, 15) is 4.79 Å². The smallest absolute Gasteiger partial charge is 0.330 e. The van der Waals surface area contributed by atoms with Gasteiger partial charge >= 0.3 is 5.97 Å². The Morgan fingerprint density at radius 3 is 2.71 bits per heavy atom. The number of hydrogen-bond donors (Lipinski definition) is 0. The molecule has 0 spiro atoms. The van der Waals surface area contributed by atoms with Crippen LogP contribution >= 0.6 is 0 Å². The Labute approximate surface area is 128 Å². The van der Waals surface area contributed by atoms with Gasteiger partial charge in [-0.15, -0.1) is 0 Å². The van der Waals surface area contributed by atoms with Crippen LogP contribution in [-0.2, 0) is 14.3 Å². The van der Waals surface area contributed by atoms with Gasteiger partial charge in [0.1, 0.15) is 5.76 Å². The van der Waals surface area contributed by atoms with Crippen LogP contribution in [0.3, 0.4) is 0 Å². The molecule has 0 saturated heterocycles. The number of carbonyl (C=O) groups is 1. The molecule has 0 radical (unpaired) electrons. The van der Waals surface area contributed by atoms with Crippen LogP contribution in [0.1, 0.15) is 45.4 Å². The first-order valence-corrected chi connectivity index (χ1v) is 7.74. The number of hydrogen-bond acceptors (Lipinski definition) is 3. The molecule has 0 amide bonds. The lowest BCUT2D eigenvalue weighted by molar-refractivity contribution is -0.137. The van der Waals surface area contributed by atoms with E-state index < -0.39 is 0 Å². The first kappa shape index (κ1) is 17.3. The summed E-state index contributed by atoms with van der Waals surface area (Å²) in [6.07, 6.45) is 15.8. The molecule has 1 aliphatic carbocycles. The molecule has 1 rings (SSSR count). The fourth-order valence-electron chi connectivity index (χ4n) is 1.99. The second kappa shape index (κ2) is 11.0. The molecule has 116 valence electrons. The van der Waals surface area contributed by atoms with Crippen molar-refractivity contribution in [2.45, 2.75) is 45.4 Å². The van der Waals surface area contributed by atoms with Crippen LogP contribution in [0.5, 0.6) is 0 Å². The van der Waals surface area contributed by atoms with Crippen molar-refractivity contribution in [2.24, 2.45) is 0 Å². The molecule has 0 N–H and O–H groups in total. The molecule has 1 aliphatic rings. The van der Waals surface area contributed by atoms with Crippen LogP contribution in [0.25, 0.3) is 0 Å². The Morgan fingerprint density at radius 2 is 2.00 bits per heavy atom.